The molecule has 0 aromatic rings. The van der Waals surface area contributed by atoms with Crippen LogP contribution in [0, 0.1) is 21.7 Å². The summed E-state index contributed by atoms with van der Waals surface area (Å²) >= 11 is 0. The van der Waals surface area contributed by atoms with E-state index in [9.17, 15) is 0 Å². The van der Waals surface area contributed by atoms with Gasteiger partial charge in [0.1, 0.15) is 0 Å². The van der Waals surface area contributed by atoms with E-state index in [1.165, 1.54) is 5.20 Å². The molecular formula is C28H60N2Si. The molecule has 0 saturated carbocycles. The van der Waals surface area contributed by atoms with Gasteiger partial charge in [-0.05, 0) is 56.3 Å². The van der Waals surface area contributed by atoms with E-state index >= 15 is 0 Å². The van der Waals surface area contributed by atoms with Gasteiger partial charge in [0.25, 0.3) is 0 Å². The number of rotatable bonds is 7. The van der Waals surface area contributed by atoms with E-state index in [2.05, 4.69) is 128 Å². The molecule has 0 aliphatic carbocycles. The van der Waals surface area contributed by atoms with Gasteiger partial charge in [0.05, 0.1) is 5.66 Å². The predicted molar refractivity (Wildman–Crippen MR) is 147 cm³/mol. The molecule has 31 heavy (non-hydrogen) atoms. The van der Waals surface area contributed by atoms with E-state index < -0.39 is 0 Å². The highest BCUT2D eigenvalue weighted by molar-refractivity contribution is 6.22. The minimum atomic E-state index is -0.217. The fourth-order valence-electron chi connectivity index (χ4n) is 4.42. The highest BCUT2D eigenvalue weighted by atomic mass is 28.1. The minimum absolute atomic E-state index is 0.166. The molecule has 0 radical (unpaired) electrons. The second-order valence-electron chi connectivity index (χ2n) is 14.8. The first kappa shape index (κ1) is 30.9. The highest BCUT2D eigenvalue weighted by Gasteiger charge is 2.52. The molecule has 0 fully saturated rings. The summed E-state index contributed by atoms with van der Waals surface area (Å²) < 4.78 is 0. The van der Waals surface area contributed by atoms with E-state index in [4.69, 9.17) is 6.58 Å². The molecule has 0 bridgehead atoms. The molecule has 3 heteroatoms. The zero-order valence-electron chi connectivity index (χ0n) is 24.9. The monoisotopic (exact) mass is 452 g/mol. The van der Waals surface area contributed by atoms with Crippen LogP contribution in [0.15, 0.2) is 11.8 Å². The van der Waals surface area contributed by atoms with Gasteiger partial charge in [-0.3, -0.25) is 9.80 Å². The molecule has 0 aromatic heterocycles. The molecule has 2 nitrogen and oxygen atoms in total. The lowest BCUT2D eigenvalue weighted by atomic mass is 9.76. The fraction of sp³-hybridized carbons (Fsp3) is 0.929. The van der Waals surface area contributed by atoms with Crippen molar-refractivity contribution in [1.29, 1.82) is 0 Å². The van der Waals surface area contributed by atoms with E-state index in [0.717, 1.165) is 10.2 Å². The molecule has 0 spiro atoms. The van der Waals surface area contributed by atoms with Gasteiger partial charge >= 0.3 is 0 Å². The molecule has 4 unspecified atom stereocenters. The Bertz CT molecular complexity index is 510. The Kier molecular flexibility index (Phi) is 9.59. The van der Waals surface area contributed by atoms with Gasteiger partial charge in [0, 0.05) is 34.4 Å². The summed E-state index contributed by atoms with van der Waals surface area (Å²) in [6.45, 7) is 45.6. The fourth-order valence-corrected chi connectivity index (χ4v) is 4.94. The van der Waals surface area contributed by atoms with Gasteiger partial charge in [-0.25, -0.2) is 0 Å². The maximum absolute atomic E-state index is 4.71. The number of nitrogens with zero attached hydrogens (tertiary/aromatic N) is 2. The van der Waals surface area contributed by atoms with Crippen molar-refractivity contribution >= 4 is 10.2 Å². The molecule has 186 valence electrons. The first-order valence-corrected chi connectivity index (χ1v) is 13.5. The van der Waals surface area contributed by atoms with Crippen LogP contribution in [0.4, 0.5) is 0 Å². The molecule has 0 saturated heterocycles. The second kappa shape index (κ2) is 9.62. The zero-order valence-corrected chi connectivity index (χ0v) is 26.9. The molecule has 0 heterocycles. The van der Waals surface area contributed by atoms with E-state index in [1.807, 2.05) is 0 Å². The highest BCUT2D eigenvalue weighted by Crippen LogP contribution is 2.46. The van der Waals surface area contributed by atoms with Crippen LogP contribution >= 0.6 is 0 Å². The molecule has 0 aliphatic heterocycles. The van der Waals surface area contributed by atoms with Gasteiger partial charge in [0.2, 0.25) is 0 Å². The van der Waals surface area contributed by atoms with Gasteiger partial charge in [0.15, 0.2) is 0 Å². The van der Waals surface area contributed by atoms with Crippen LogP contribution in [0.2, 0.25) is 0 Å². The summed E-state index contributed by atoms with van der Waals surface area (Å²) in [4.78, 5) is 5.68. The molecule has 4 atom stereocenters. The lowest BCUT2D eigenvalue weighted by Crippen LogP contribution is -2.73. The topological polar surface area (TPSA) is 6.48 Å². The average Bonchev–Trinajstić information content (AvgIpc) is 2.50. The number of hydrogen-bond acceptors (Lipinski definition) is 2. The average molecular weight is 453 g/mol. The largest absolute Gasteiger partial charge is 0.276 e. The summed E-state index contributed by atoms with van der Waals surface area (Å²) in [6.07, 6.45) is 0. The lowest BCUT2D eigenvalue weighted by Gasteiger charge is -2.63. The normalized spacial score (nSPS) is 20.5. The molecule has 0 aromatic carbocycles. The van der Waals surface area contributed by atoms with Crippen molar-refractivity contribution in [2.75, 3.05) is 0 Å². The Labute approximate surface area is 201 Å². The molecule has 0 N–H and O–H groups in total. The van der Waals surface area contributed by atoms with Gasteiger partial charge in [-0.1, -0.05) is 88.3 Å². The lowest BCUT2D eigenvalue weighted by molar-refractivity contribution is -0.156. The number of hydrogen-bond donors (Lipinski definition) is 0. The van der Waals surface area contributed by atoms with Crippen LogP contribution in [-0.2, 0) is 0 Å². The van der Waals surface area contributed by atoms with Gasteiger partial charge in [-0.2, -0.15) is 0 Å². The smallest absolute Gasteiger partial charge is 0.0892 e. The quantitative estimate of drug-likeness (QED) is 0.305. The molecule has 0 rings (SSSR count). The van der Waals surface area contributed by atoms with Gasteiger partial charge < -0.3 is 0 Å². The maximum Gasteiger partial charge on any atom is 0.0892 e. The predicted octanol–water partition coefficient (Wildman–Crippen LogP) is 6.92. The van der Waals surface area contributed by atoms with Crippen LogP contribution in [0.25, 0.3) is 0 Å². The van der Waals surface area contributed by atoms with Crippen LogP contribution in [0.1, 0.15) is 118 Å². The van der Waals surface area contributed by atoms with Crippen LogP contribution in [0.3, 0.4) is 0 Å². The Balaban J connectivity index is 7.30. The standard InChI is InChI=1S/C28H60N2Si/c1-19(24(6,7)8)29(20(2)25(9,10)11)28(18,23(5)31)30(21(3)26(12,13)14)22(4)27(15,16)17/h19-22H,5H2,1-4,6-18,31H3. The molecular weight excluding hydrogens is 392 g/mol. The van der Waals surface area contributed by atoms with Crippen molar-refractivity contribution in [1.82, 2.24) is 9.80 Å². The minimum Gasteiger partial charge on any atom is -0.276 e. The second-order valence-corrected chi connectivity index (χ2v) is 16.0. The van der Waals surface area contributed by atoms with Crippen LogP contribution in [-0.4, -0.2) is 49.9 Å². The van der Waals surface area contributed by atoms with E-state index in [1.54, 1.807) is 0 Å². The molecule has 0 aliphatic rings. The Morgan fingerprint density at radius 3 is 0.774 bits per heavy atom. The third-order valence-corrected chi connectivity index (χ3v) is 9.44. The third-order valence-electron chi connectivity index (χ3n) is 8.50. The van der Waals surface area contributed by atoms with Crippen molar-refractivity contribution in [2.45, 2.75) is 148 Å². The summed E-state index contributed by atoms with van der Waals surface area (Å²) in [5, 5.41) is 1.37. The zero-order chi connectivity index (χ0) is 25.5. The van der Waals surface area contributed by atoms with Crippen LogP contribution < -0.4 is 0 Å². The van der Waals surface area contributed by atoms with Crippen molar-refractivity contribution < 1.29 is 0 Å². The first-order chi connectivity index (χ1) is 13.3. The van der Waals surface area contributed by atoms with Crippen molar-refractivity contribution in [3.05, 3.63) is 11.8 Å². The summed E-state index contributed by atoms with van der Waals surface area (Å²) in [7, 11) is 0.975. The summed E-state index contributed by atoms with van der Waals surface area (Å²) in [6, 6.07) is 1.61. The van der Waals surface area contributed by atoms with Crippen LogP contribution in [0.5, 0.6) is 0 Å². The SMILES string of the molecule is C=C([SiH3])C(C)(N(C(C)C(C)(C)C)C(C)C(C)(C)C)N(C(C)C(C)(C)C)C(C)C(C)(C)C. The summed E-state index contributed by atoms with van der Waals surface area (Å²) in [5.74, 6) is 0. The Hall–Kier alpha value is -0.123. The van der Waals surface area contributed by atoms with Crippen molar-refractivity contribution in [2.24, 2.45) is 21.7 Å². The van der Waals surface area contributed by atoms with E-state index in [0.29, 0.717) is 24.2 Å². The Morgan fingerprint density at radius 2 is 0.677 bits per heavy atom. The maximum atomic E-state index is 4.71. The van der Waals surface area contributed by atoms with E-state index in [-0.39, 0.29) is 27.3 Å². The third kappa shape index (κ3) is 6.93. The van der Waals surface area contributed by atoms with Crippen molar-refractivity contribution in [3.8, 4) is 0 Å². The van der Waals surface area contributed by atoms with Gasteiger partial charge in [-0.15, -0.1) is 6.58 Å². The Morgan fingerprint density at radius 1 is 0.516 bits per heavy atom. The molecule has 0 amide bonds. The first-order valence-electron chi connectivity index (χ1n) is 12.5. The van der Waals surface area contributed by atoms with Crippen molar-refractivity contribution in [3.63, 3.8) is 0 Å². The summed E-state index contributed by atoms with van der Waals surface area (Å²) in [5.41, 5.74) is 0.447.